The van der Waals surface area contributed by atoms with Crippen LogP contribution >= 0.6 is 0 Å². The van der Waals surface area contributed by atoms with Crippen LogP contribution in [0.3, 0.4) is 0 Å². The zero-order chi connectivity index (χ0) is 31.4. The van der Waals surface area contributed by atoms with Crippen LogP contribution in [0.5, 0.6) is 5.75 Å². The molecule has 5 atom stereocenters. The fourth-order valence-corrected chi connectivity index (χ4v) is 6.57. The van der Waals surface area contributed by atoms with Gasteiger partial charge in [0.15, 0.2) is 5.60 Å². The number of nitrogens with one attached hydrogen (secondary N) is 2. The Kier molecular flexibility index (Phi) is 9.31. The number of fused-ring (bicyclic) bond motifs is 6. The Labute approximate surface area is 254 Å². The Morgan fingerprint density at radius 2 is 1.95 bits per heavy atom. The molecule has 1 aliphatic heterocycles. The number of allylic oxidation sites excluding steroid dienone is 1. The highest BCUT2D eigenvalue weighted by atomic mass is 16.6. The van der Waals surface area contributed by atoms with Crippen molar-refractivity contribution in [2.24, 2.45) is 23.5 Å². The Bertz CT molecular complexity index is 1450. The summed E-state index contributed by atoms with van der Waals surface area (Å²) in [7, 11) is 0. The first-order valence-electron chi connectivity index (χ1n) is 14.8. The van der Waals surface area contributed by atoms with Crippen molar-refractivity contribution in [1.29, 1.82) is 0 Å². The van der Waals surface area contributed by atoms with Crippen LogP contribution in [-0.4, -0.2) is 73.6 Å². The molecule has 3 aliphatic carbocycles. The van der Waals surface area contributed by atoms with Crippen LogP contribution in [0.2, 0.25) is 0 Å². The normalized spacial score (nSPS) is 25.6. The molecule has 12 heteroatoms. The van der Waals surface area contributed by atoms with Gasteiger partial charge < -0.3 is 35.7 Å². The minimum Gasteiger partial charge on any atom is -0.508 e. The van der Waals surface area contributed by atoms with Gasteiger partial charge in [-0.1, -0.05) is 37.3 Å². The van der Waals surface area contributed by atoms with Gasteiger partial charge in [0.05, 0.1) is 25.7 Å². The monoisotopic (exact) mass is 607 g/mol. The van der Waals surface area contributed by atoms with Crippen molar-refractivity contribution in [3.63, 3.8) is 0 Å². The molecular weight excluding hydrogens is 570 g/mol. The third-order valence-electron chi connectivity index (χ3n) is 8.57. The van der Waals surface area contributed by atoms with Crippen molar-refractivity contribution in [2.75, 3.05) is 33.0 Å². The quantitative estimate of drug-likeness (QED) is 0.152. The van der Waals surface area contributed by atoms with Gasteiger partial charge in [-0.3, -0.25) is 24.0 Å². The molecule has 5 unspecified atom stereocenters. The van der Waals surface area contributed by atoms with E-state index in [1.54, 1.807) is 43.4 Å². The number of primary amides is 1. The van der Waals surface area contributed by atoms with Crippen molar-refractivity contribution >= 4 is 29.5 Å². The summed E-state index contributed by atoms with van der Waals surface area (Å²) in [4.78, 5) is 61.7. The molecule has 0 radical (unpaired) electrons. The number of Topliss-reactive ketones (excluding diaryl/α,β-unsaturated/α-hetero) is 1. The van der Waals surface area contributed by atoms with Gasteiger partial charge in [-0.05, 0) is 42.0 Å². The maximum Gasteiger partial charge on any atom is 0.314 e. The topological polar surface area (TPSA) is 183 Å². The first-order chi connectivity index (χ1) is 21.1. The molecule has 1 aromatic carbocycles. The van der Waals surface area contributed by atoms with E-state index < -0.39 is 41.3 Å². The number of aromatic hydroxyl groups is 1. The number of amides is 3. The zero-order valence-electron chi connectivity index (χ0n) is 24.5. The van der Waals surface area contributed by atoms with E-state index >= 15 is 0 Å². The summed E-state index contributed by atoms with van der Waals surface area (Å²) in [5, 5.41) is 15.5. The Morgan fingerprint density at radius 1 is 1.16 bits per heavy atom. The lowest BCUT2D eigenvalue weighted by atomic mass is 9.60. The summed E-state index contributed by atoms with van der Waals surface area (Å²) in [6.07, 6.45) is 8.51. The van der Waals surface area contributed by atoms with E-state index in [-0.39, 0.29) is 62.8 Å². The molecule has 4 aliphatic rings. The third kappa shape index (κ3) is 6.18. The number of phenols is 1. The highest BCUT2D eigenvalue weighted by Gasteiger charge is 2.61. The van der Waals surface area contributed by atoms with Crippen LogP contribution in [0.1, 0.15) is 37.3 Å². The smallest absolute Gasteiger partial charge is 0.314 e. The summed E-state index contributed by atoms with van der Waals surface area (Å²) >= 11 is 0. The Balaban J connectivity index is 1.18. The molecular formula is C32H37N3O9. The van der Waals surface area contributed by atoms with Gasteiger partial charge in [-0.25, -0.2) is 0 Å². The molecule has 3 amide bonds. The SMILES string of the molecule is CCC(NC(=O)COCCOCCNC(=O)C1=CC2C(C=C1)C(=O)OC21C2=CCC(=O)CC2Cc2cc(O)ccc21)C(N)=O. The predicted molar refractivity (Wildman–Crippen MR) is 156 cm³/mol. The van der Waals surface area contributed by atoms with E-state index in [4.69, 9.17) is 19.9 Å². The molecule has 1 aromatic rings. The number of nitrogens with two attached hydrogens (primary N) is 1. The number of rotatable bonds is 12. The second-order valence-electron chi connectivity index (χ2n) is 11.4. The van der Waals surface area contributed by atoms with Gasteiger partial charge in [-0.2, -0.15) is 0 Å². The van der Waals surface area contributed by atoms with Crippen molar-refractivity contribution in [2.45, 2.75) is 44.2 Å². The van der Waals surface area contributed by atoms with E-state index in [9.17, 15) is 29.1 Å². The van der Waals surface area contributed by atoms with Crippen LogP contribution in [0.25, 0.3) is 0 Å². The number of esters is 1. The maximum absolute atomic E-state index is 13.2. The summed E-state index contributed by atoms with van der Waals surface area (Å²) < 4.78 is 17.0. The molecule has 5 rings (SSSR count). The number of phenolic OH excluding ortho intramolecular Hbond substituents is 1. The minimum absolute atomic E-state index is 0.0954. The number of ether oxygens (including phenoxy) is 3. The average Bonchev–Trinajstić information content (AvgIpc) is 3.28. The van der Waals surface area contributed by atoms with Gasteiger partial charge >= 0.3 is 5.97 Å². The van der Waals surface area contributed by atoms with Gasteiger partial charge in [0.25, 0.3) is 5.91 Å². The summed E-state index contributed by atoms with van der Waals surface area (Å²) in [6.45, 7) is 2.25. The van der Waals surface area contributed by atoms with Crippen molar-refractivity contribution in [1.82, 2.24) is 10.6 Å². The minimum atomic E-state index is -1.16. The van der Waals surface area contributed by atoms with Gasteiger partial charge in [0, 0.05) is 36.4 Å². The van der Waals surface area contributed by atoms with E-state index in [0.29, 0.717) is 24.8 Å². The highest BCUT2D eigenvalue weighted by molar-refractivity contribution is 5.97. The van der Waals surface area contributed by atoms with Gasteiger partial charge in [0.2, 0.25) is 11.8 Å². The molecule has 1 saturated heterocycles. The molecule has 5 N–H and O–H groups in total. The maximum atomic E-state index is 13.2. The molecule has 44 heavy (non-hydrogen) atoms. The molecule has 1 fully saturated rings. The number of benzene rings is 1. The van der Waals surface area contributed by atoms with Crippen LogP contribution in [-0.2, 0) is 50.2 Å². The lowest BCUT2D eigenvalue weighted by Gasteiger charge is -2.45. The van der Waals surface area contributed by atoms with Crippen LogP contribution in [0.4, 0.5) is 0 Å². The molecule has 234 valence electrons. The third-order valence-corrected chi connectivity index (χ3v) is 8.57. The highest BCUT2D eigenvalue weighted by Crippen LogP contribution is 2.59. The summed E-state index contributed by atoms with van der Waals surface area (Å²) in [5.74, 6) is -2.85. The predicted octanol–water partition coefficient (Wildman–Crippen LogP) is 0.864. The second kappa shape index (κ2) is 13.1. The molecule has 0 aromatic heterocycles. The van der Waals surface area contributed by atoms with Crippen LogP contribution < -0.4 is 16.4 Å². The zero-order valence-corrected chi connectivity index (χ0v) is 24.5. The molecule has 1 heterocycles. The van der Waals surface area contributed by atoms with E-state index in [0.717, 1.165) is 16.7 Å². The summed E-state index contributed by atoms with van der Waals surface area (Å²) in [5.41, 5.74) is 6.90. The lowest BCUT2D eigenvalue weighted by Crippen LogP contribution is -2.45. The first-order valence-corrected chi connectivity index (χ1v) is 14.8. The number of carbonyl (C=O) groups excluding carboxylic acids is 5. The summed E-state index contributed by atoms with van der Waals surface area (Å²) in [6, 6.07) is 4.27. The van der Waals surface area contributed by atoms with Crippen LogP contribution in [0, 0.1) is 17.8 Å². The first kappa shape index (κ1) is 31.1. The number of hydrogen-bond acceptors (Lipinski definition) is 9. The van der Waals surface area contributed by atoms with E-state index in [1.807, 2.05) is 6.08 Å². The lowest BCUT2D eigenvalue weighted by molar-refractivity contribution is -0.149. The van der Waals surface area contributed by atoms with Gasteiger partial charge in [0.1, 0.15) is 24.2 Å². The van der Waals surface area contributed by atoms with Crippen molar-refractivity contribution in [3.05, 3.63) is 64.8 Å². The van der Waals surface area contributed by atoms with Gasteiger partial charge in [-0.15, -0.1) is 0 Å². The van der Waals surface area contributed by atoms with Crippen molar-refractivity contribution < 1.29 is 43.3 Å². The number of ketones is 1. The fraction of sp³-hybridized carbons (Fsp3) is 0.469. The molecule has 12 nitrogen and oxygen atoms in total. The number of hydrogen-bond donors (Lipinski definition) is 4. The molecule has 0 saturated carbocycles. The van der Waals surface area contributed by atoms with Crippen LogP contribution in [0.15, 0.2) is 53.6 Å². The standard InChI is InChI=1S/C32H37N3O9/c1-2-27(29(33)39)35-28(38)17-43-12-11-42-10-9-34-30(40)18-3-6-23-26(16-18)32(44-31(23)41)24-7-4-21(36)14-19(24)13-20-15-22(37)5-8-25(20)32/h3-4,6-8,14,16,20,23,26-27,36H,2,5,9-13,15,17H2,1H3,(H2,33,39)(H,34,40)(H,35,38). The Morgan fingerprint density at radius 3 is 2.73 bits per heavy atom. The largest absolute Gasteiger partial charge is 0.508 e. The second-order valence-corrected chi connectivity index (χ2v) is 11.4. The molecule has 1 spiro atoms. The van der Waals surface area contributed by atoms with E-state index in [2.05, 4.69) is 10.6 Å². The average molecular weight is 608 g/mol. The fourth-order valence-electron chi connectivity index (χ4n) is 6.57. The Hall–Kier alpha value is -4.29. The van der Waals surface area contributed by atoms with E-state index in [1.165, 1.54) is 0 Å². The molecule has 0 bridgehead atoms. The number of carbonyl (C=O) groups is 5. The van der Waals surface area contributed by atoms with Crippen molar-refractivity contribution in [3.8, 4) is 5.75 Å².